The summed E-state index contributed by atoms with van der Waals surface area (Å²) in [6, 6.07) is 2.48. The standard InChI is InChI=1S/C10H12ClN3O3/c11-7-4-3-6(17-7)10(15)13-8(5-1-2-5)9(12)14-16/h3-5,8,16H,1-2H2,(H2,12,14)(H,13,15). The fourth-order valence-electron chi connectivity index (χ4n) is 1.57. The highest BCUT2D eigenvalue weighted by molar-refractivity contribution is 6.29. The van der Waals surface area contributed by atoms with Gasteiger partial charge in [0, 0.05) is 0 Å². The van der Waals surface area contributed by atoms with E-state index in [0.29, 0.717) is 0 Å². The molecular formula is C10H12ClN3O3. The van der Waals surface area contributed by atoms with E-state index in [2.05, 4.69) is 10.5 Å². The summed E-state index contributed by atoms with van der Waals surface area (Å²) in [5.74, 6) is -0.106. The van der Waals surface area contributed by atoms with Crippen LogP contribution in [0.4, 0.5) is 0 Å². The van der Waals surface area contributed by atoms with Gasteiger partial charge >= 0.3 is 0 Å². The number of hydrogen-bond donors (Lipinski definition) is 3. The van der Waals surface area contributed by atoms with Gasteiger partial charge in [0.15, 0.2) is 16.8 Å². The van der Waals surface area contributed by atoms with Crippen LogP contribution in [-0.4, -0.2) is 23.0 Å². The molecule has 1 amide bonds. The highest BCUT2D eigenvalue weighted by atomic mass is 35.5. The molecule has 0 saturated heterocycles. The molecule has 0 bridgehead atoms. The number of amides is 1. The zero-order valence-electron chi connectivity index (χ0n) is 8.89. The molecule has 1 atom stereocenters. The van der Waals surface area contributed by atoms with E-state index in [9.17, 15) is 4.79 Å². The molecule has 1 heterocycles. The fourth-order valence-corrected chi connectivity index (χ4v) is 1.72. The number of rotatable bonds is 4. The highest BCUT2D eigenvalue weighted by Gasteiger charge is 2.35. The predicted octanol–water partition coefficient (Wildman–Crippen LogP) is 1.19. The van der Waals surface area contributed by atoms with E-state index < -0.39 is 11.9 Å². The van der Waals surface area contributed by atoms with Crippen LogP contribution in [-0.2, 0) is 0 Å². The maximum Gasteiger partial charge on any atom is 0.287 e. The monoisotopic (exact) mass is 257 g/mol. The molecule has 1 aliphatic rings. The van der Waals surface area contributed by atoms with Gasteiger partial charge < -0.3 is 20.7 Å². The maximum atomic E-state index is 11.8. The lowest BCUT2D eigenvalue weighted by atomic mass is 10.1. The molecule has 1 aliphatic carbocycles. The van der Waals surface area contributed by atoms with Crippen LogP contribution in [0.2, 0.25) is 5.22 Å². The number of halogens is 1. The first kappa shape index (κ1) is 11.8. The predicted molar refractivity (Wildman–Crippen MR) is 61.1 cm³/mol. The van der Waals surface area contributed by atoms with Crippen molar-refractivity contribution in [1.82, 2.24) is 5.32 Å². The summed E-state index contributed by atoms with van der Waals surface area (Å²) in [5, 5.41) is 14.4. The van der Waals surface area contributed by atoms with Crippen molar-refractivity contribution in [2.24, 2.45) is 16.8 Å². The molecule has 1 saturated carbocycles. The lowest BCUT2D eigenvalue weighted by Crippen LogP contribution is -2.46. The Morgan fingerprint density at radius 2 is 2.35 bits per heavy atom. The van der Waals surface area contributed by atoms with Gasteiger partial charge in [-0.2, -0.15) is 0 Å². The zero-order chi connectivity index (χ0) is 12.4. The number of oxime groups is 1. The van der Waals surface area contributed by atoms with Gasteiger partial charge in [0.05, 0.1) is 6.04 Å². The minimum atomic E-state index is -0.462. The molecule has 92 valence electrons. The Hall–Kier alpha value is -1.69. The van der Waals surface area contributed by atoms with Gasteiger partial charge in [-0.25, -0.2) is 0 Å². The minimum Gasteiger partial charge on any atom is -0.440 e. The third kappa shape index (κ3) is 2.71. The second kappa shape index (κ2) is 4.67. The Morgan fingerprint density at radius 1 is 1.65 bits per heavy atom. The Kier molecular flexibility index (Phi) is 3.23. The molecule has 7 heteroatoms. The molecule has 1 unspecified atom stereocenters. The van der Waals surface area contributed by atoms with Crippen LogP contribution in [0, 0.1) is 5.92 Å². The smallest absolute Gasteiger partial charge is 0.287 e. The van der Waals surface area contributed by atoms with Gasteiger partial charge in [-0.15, -0.1) is 0 Å². The van der Waals surface area contributed by atoms with E-state index in [-0.39, 0.29) is 22.7 Å². The van der Waals surface area contributed by atoms with Crippen molar-refractivity contribution < 1.29 is 14.4 Å². The summed E-state index contributed by atoms with van der Waals surface area (Å²) in [5.41, 5.74) is 5.52. The second-order valence-corrected chi connectivity index (χ2v) is 4.29. The Labute approximate surface area is 102 Å². The quantitative estimate of drug-likeness (QED) is 0.326. The molecule has 1 aromatic heterocycles. The van der Waals surface area contributed by atoms with Gasteiger partial charge in [0.25, 0.3) is 5.91 Å². The van der Waals surface area contributed by atoms with Gasteiger partial charge in [0.1, 0.15) is 0 Å². The highest BCUT2D eigenvalue weighted by Crippen LogP contribution is 2.32. The molecule has 0 aromatic carbocycles. The molecule has 1 aromatic rings. The van der Waals surface area contributed by atoms with Crippen molar-refractivity contribution in [3.63, 3.8) is 0 Å². The first-order valence-corrected chi connectivity index (χ1v) is 5.53. The summed E-state index contributed by atoms with van der Waals surface area (Å²) in [6.45, 7) is 0. The van der Waals surface area contributed by atoms with Gasteiger partial charge in [0.2, 0.25) is 0 Å². The van der Waals surface area contributed by atoms with Crippen LogP contribution in [0.5, 0.6) is 0 Å². The molecular weight excluding hydrogens is 246 g/mol. The lowest BCUT2D eigenvalue weighted by Gasteiger charge is -2.15. The van der Waals surface area contributed by atoms with Crippen LogP contribution in [0.3, 0.4) is 0 Å². The molecule has 4 N–H and O–H groups in total. The van der Waals surface area contributed by atoms with Crippen LogP contribution in [0.25, 0.3) is 0 Å². The lowest BCUT2D eigenvalue weighted by molar-refractivity contribution is 0.0915. The third-order valence-corrected chi connectivity index (χ3v) is 2.81. The molecule has 2 rings (SSSR count). The van der Waals surface area contributed by atoms with E-state index in [4.69, 9.17) is 27.0 Å². The third-order valence-electron chi connectivity index (χ3n) is 2.61. The van der Waals surface area contributed by atoms with Gasteiger partial charge in [-0.1, -0.05) is 5.16 Å². The minimum absolute atomic E-state index is 0.00139. The van der Waals surface area contributed by atoms with Crippen molar-refractivity contribution >= 4 is 23.3 Å². The van der Waals surface area contributed by atoms with E-state index in [1.54, 1.807) is 0 Å². The largest absolute Gasteiger partial charge is 0.440 e. The average Bonchev–Trinajstić information content (AvgIpc) is 3.06. The van der Waals surface area contributed by atoms with E-state index in [0.717, 1.165) is 12.8 Å². The molecule has 17 heavy (non-hydrogen) atoms. The molecule has 1 fully saturated rings. The van der Waals surface area contributed by atoms with Crippen molar-refractivity contribution in [2.45, 2.75) is 18.9 Å². The van der Waals surface area contributed by atoms with Crippen LogP contribution < -0.4 is 11.1 Å². The second-order valence-electron chi connectivity index (χ2n) is 3.92. The fraction of sp³-hybridized carbons (Fsp3) is 0.400. The number of carbonyl (C=O) groups is 1. The summed E-state index contributed by atoms with van der Waals surface area (Å²) >= 11 is 5.57. The Bertz CT molecular complexity index is 453. The summed E-state index contributed by atoms with van der Waals surface area (Å²) in [6.07, 6.45) is 1.89. The normalized spacial score (nSPS) is 17.8. The maximum absolute atomic E-state index is 11.8. The number of nitrogens with one attached hydrogen (secondary N) is 1. The summed E-state index contributed by atoms with van der Waals surface area (Å²) in [7, 11) is 0. The zero-order valence-corrected chi connectivity index (χ0v) is 9.65. The van der Waals surface area contributed by atoms with Crippen molar-refractivity contribution in [3.05, 3.63) is 23.1 Å². The number of furan rings is 1. The Balaban J connectivity index is 2.05. The van der Waals surface area contributed by atoms with Crippen LogP contribution in [0.15, 0.2) is 21.7 Å². The molecule has 0 aliphatic heterocycles. The average molecular weight is 258 g/mol. The van der Waals surface area contributed by atoms with Crippen molar-refractivity contribution in [3.8, 4) is 0 Å². The van der Waals surface area contributed by atoms with Crippen LogP contribution in [0.1, 0.15) is 23.4 Å². The molecule has 0 spiro atoms. The van der Waals surface area contributed by atoms with E-state index in [1.807, 2.05) is 0 Å². The number of nitrogens with two attached hydrogens (primary N) is 1. The Morgan fingerprint density at radius 3 is 2.82 bits per heavy atom. The summed E-state index contributed by atoms with van der Waals surface area (Å²) < 4.78 is 4.97. The number of carbonyl (C=O) groups excluding carboxylic acids is 1. The van der Waals surface area contributed by atoms with Crippen molar-refractivity contribution in [2.75, 3.05) is 0 Å². The first-order chi connectivity index (χ1) is 8.11. The SMILES string of the molecule is N/C(=N/O)C(NC(=O)c1ccc(Cl)o1)C1CC1. The number of nitrogens with zero attached hydrogens (tertiary/aromatic N) is 1. The molecule has 0 radical (unpaired) electrons. The molecule has 6 nitrogen and oxygen atoms in total. The van der Waals surface area contributed by atoms with Gasteiger partial charge in [-0.3, -0.25) is 4.79 Å². The number of hydrogen-bond acceptors (Lipinski definition) is 4. The van der Waals surface area contributed by atoms with E-state index in [1.165, 1.54) is 12.1 Å². The topological polar surface area (TPSA) is 101 Å². The first-order valence-electron chi connectivity index (χ1n) is 5.15. The van der Waals surface area contributed by atoms with Crippen LogP contribution >= 0.6 is 11.6 Å². The summed E-state index contributed by atoms with van der Waals surface area (Å²) in [4.78, 5) is 11.8. The van der Waals surface area contributed by atoms with E-state index >= 15 is 0 Å². The van der Waals surface area contributed by atoms with Crippen molar-refractivity contribution in [1.29, 1.82) is 0 Å². The number of amidine groups is 1. The van der Waals surface area contributed by atoms with Gasteiger partial charge in [-0.05, 0) is 42.5 Å².